The molecule has 0 fully saturated rings. The topological polar surface area (TPSA) is 80.3 Å². The first-order valence-electron chi connectivity index (χ1n) is 5.00. The summed E-state index contributed by atoms with van der Waals surface area (Å²) in [6, 6.07) is 5.90. The van der Waals surface area contributed by atoms with E-state index in [9.17, 15) is 0 Å². The first-order chi connectivity index (χ1) is 8.79. The lowest BCUT2D eigenvalue weighted by Crippen LogP contribution is -1.98. The molecule has 8 heteroatoms. The van der Waals surface area contributed by atoms with E-state index < -0.39 is 0 Å². The van der Waals surface area contributed by atoms with Crippen molar-refractivity contribution in [3.05, 3.63) is 28.2 Å². The summed E-state index contributed by atoms with van der Waals surface area (Å²) in [4.78, 5) is 0.935. The normalized spacial score (nSPS) is 10.4. The van der Waals surface area contributed by atoms with Crippen LogP contribution < -0.4 is 0 Å². The van der Waals surface area contributed by atoms with Crippen LogP contribution in [0.3, 0.4) is 0 Å². The third-order valence-corrected chi connectivity index (χ3v) is 3.92. The van der Waals surface area contributed by atoms with Crippen LogP contribution >= 0.6 is 22.7 Å². The molecule has 0 aromatic carbocycles. The minimum absolute atomic E-state index is 0.297. The van der Waals surface area contributed by atoms with Gasteiger partial charge in [-0.25, -0.2) is 0 Å². The SMILES string of the molecule is Cc1nnc(-n2nnc(C#N)c2-c2cccs2)s1. The van der Waals surface area contributed by atoms with E-state index in [2.05, 4.69) is 20.5 Å². The molecule has 3 rings (SSSR count). The summed E-state index contributed by atoms with van der Waals surface area (Å²) in [5.74, 6) is 0. The minimum Gasteiger partial charge on any atom is -0.191 e. The standard InChI is InChI=1S/C10H6N6S2/c1-6-12-14-10(18-6)16-9(7(5-11)13-15-16)8-3-2-4-17-8/h2-4H,1H3. The highest BCUT2D eigenvalue weighted by Crippen LogP contribution is 2.29. The van der Waals surface area contributed by atoms with Gasteiger partial charge in [-0.3, -0.25) is 0 Å². The molecule has 88 valence electrons. The Hall–Kier alpha value is -2.11. The Morgan fingerprint density at radius 2 is 2.22 bits per heavy atom. The third kappa shape index (κ3) is 1.70. The molecule has 6 nitrogen and oxygen atoms in total. The number of hydrogen-bond acceptors (Lipinski definition) is 7. The van der Waals surface area contributed by atoms with Gasteiger partial charge in [0.25, 0.3) is 0 Å². The van der Waals surface area contributed by atoms with Crippen molar-refractivity contribution in [3.63, 3.8) is 0 Å². The quantitative estimate of drug-likeness (QED) is 0.714. The maximum absolute atomic E-state index is 9.09. The summed E-state index contributed by atoms with van der Waals surface area (Å²) >= 11 is 2.94. The maximum atomic E-state index is 9.09. The minimum atomic E-state index is 0.297. The van der Waals surface area contributed by atoms with Gasteiger partial charge in [0.05, 0.1) is 4.88 Å². The molecule has 3 heterocycles. The van der Waals surface area contributed by atoms with Gasteiger partial charge in [-0.15, -0.1) is 26.6 Å². The monoisotopic (exact) mass is 274 g/mol. The molecule has 18 heavy (non-hydrogen) atoms. The highest BCUT2D eigenvalue weighted by molar-refractivity contribution is 7.14. The lowest BCUT2D eigenvalue weighted by Gasteiger charge is -1.98. The van der Waals surface area contributed by atoms with Crippen molar-refractivity contribution in [2.24, 2.45) is 0 Å². The number of aromatic nitrogens is 5. The Morgan fingerprint density at radius 1 is 1.33 bits per heavy atom. The van der Waals surface area contributed by atoms with Crippen LogP contribution in [0.25, 0.3) is 15.7 Å². The molecule has 0 unspecified atom stereocenters. The predicted molar refractivity (Wildman–Crippen MR) is 67.6 cm³/mol. The largest absolute Gasteiger partial charge is 0.234 e. The molecule has 0 N–H and O–H groups in total. The second kappa shape index (κ2) is 4.29. The number of nitriles is 1. The van der Waals surface area contributed by atoms with Crippen LogP contribution in [0.1, 0.15) is 10.7 Å². The van der Waals surface area contributed by atoms with Gasteiger partial charge in [-0.1, -0.05) is 22.6 Å². The van der Waals surface area contributed by atoms with Gasteiger partial charge in [0.2, 0.25) is 5.13 Å². The lowest BCUT2D eigenvalue weighted by molar-refractivity contribution is 0.787. The van der Waals surface area contributed by atoms with E-state index in [1.54, 1.807) is 4.68 Å². The lowest BCUT2D eigenvalue weighted by atomic mass is 10.3. The van der Waals surface area contributed by atoms with Gasteiger partial charge in [-0.05, 0) is 18.4 Å². The third-order valence-electron chi connectivity index (χ3n) is 2.23. The van der Waals surface area contributed by atoms with E-state index in [0.29, 0.717) is 16.5 Å². The van der Waals surface area contributed by atoms with Gasteiger partial charge in [-0.2, -0.15) is 9.94 Å². The van der Waals surface area contributed by atoms with Crippen molar-refractivity contribution < 1.29 is 0 Å². The van der Waals surface area contributed by atoms with E-state index in [4.69, 9.17) is 5.26 Å². The summed E-state index contributed by atoms with van der Waals surface area (Å²) < 4.78 is 1.56. The molecular weight excluding hydrogens is 268 g/mol. The smallest absolute Gasteiger partial charge is 0.191 e. The van der Waals surface area contributed by atoms with E-state index in [1.165, 1.54) is 22.7 Å². The average molecular weight is 274 g/mol. The zero-order chi connectivity index (χ0) is 12.5. The van der Waals surface area contributed by atoms with Crippen molar-refractivity contribution in [1.82, 2.24) is 25.2 Å². The molecule has 0 saturated carbocycles. The van der Waals surface area contributed by atoms with Crippen LogP contribution in [0.4, 0.5) is 0 Å². The zero-order valence-corrected chi connectivity index (χ0v) is 10.9. The van der Waals surface area contributed by atoms with E-state index in [0.717, 1.165) is 9.88 Å². The summed E-state index contributed by atoms with van der Waals surface area (Å²) in [6.07, 6.45) is 0. The number of thiophene rings is 1. The first kappa shape index (κ1) is 11.0. The number of hydrogen-bond donors (Lipinski definition) is 0. The number of aryl methyl sites for hydroxylation is 1. The van der Waals surface area contributed by atoms with Crippen LogP contribution in [-0.4, -0.2) is 25.2 Å². The van der Waals surface area contributed by atoms with Crippen LogP contribution in [0.2, 0.25) is 0 Å². The predicted octanol–water partition coefficient (Wildman–Crippen LogP) is 2.03. The molecule has 0 bridgehead atoms. The highest BCUT2D eigenvalue weighted by atomic mass is 32.1. The molecule has 0 spiro atoms. The Morgan fingerprint density at radius 3 is 2.83 bits per heavy atom. The van der Waals surface area contributed by atoms with Gasteiger partial charge < -0.3 is 0 Å². The first-order valence-corrected chi connectivity index (χ1v) is 6.69. The molecule has 0 radical (unpaired) electrons. The molecule has 0 aliphatic heterocycles. The summed E-state index contributed by atoms with van der Waals surface area (Å²) in [5.41, 5.74) is 0.967. The molecule has 0 aliphatic rings. The molecule has 0 atom stereocenters. The zero-order valence-electron chi connectivity index (χ0n) is 9.23. The van der Waals surface area contributed by atoms with E-state index >= 15 is 0 Å². The van der Waals surface area contributed by atoms with Crippen LogP contribution in [0.15, 0.2) is 17.5 Å². The van der Waals surface area contributed by atoms with Crippen LogP contribution in [0.5, 0.6) is 0 Å². The van der Waals surface area contributed by atoms with Gasteiger partial charge in [0.1, 0.15) is 16.8 Å². The van der Waals surface area contributed by atoms with Gasteiger partial charge >= 0.3 is 0 Å². The molecule has 0 saturated heterocycles. The fraction of sp³-hybridized carbons (Fsp3) is 0.100. The summed E-state index contributed by atoms with van der Waals surface area (Å²) in [6.45, 7) is 1.87. The fourth-order valence-corrected chi connectivity index (χ4v) is 2.89. The Kier molecular flexibility index (Phi) is 2.62. The van der Waals surface area contributed by atoms with Crippen molar-refractivity contribution in [2.75, 3.05) is 0 Å². The van der Waals surface area contributed by atoms with Crippen molar-refractivity contribution in [3.8, 4) is 21.8 Å². The molecular formula is C10H6N6S2. The molecule has 3 aromatic heterocycles. The molecule has 0 aliphatic carbocycles. The van der Waals surface area contributed by atoms with Crippen molar-refractivity contribution >= 4 is 22.7 Å². The average Bonchev–Trinajstić information content (AvgIpc) is 3.07. The van der Waals surface area contributed by atoms with Crippen molar-refractivity contribution in [2.45, 2.75) is 6.92 Å². The van der Waals surface area contributed by atoms with Crippen LogP contribution in [-0.2, 0) is 0 Å². The Bertz CT molecular complexity index is 718. The molecule has 3 aromatic rings. The summed E-state index contributed by atoms with van der Waals surface area (Å²) in [7, 11) is 0. The van der Waals surface area contributed by atoms with Crippen LogP contribution in [0, 0.1) is 18.3 Å². The Labute approximate surface area is 110 Å². The van der Waals surface area contributed by atoms with E-state index in [-0.39, 0.29) is 0 Å². The molecule has 0 amide bonds. The van der Waals surface area contributed by atoms with Crippen molar-refractivity contribution in [1.29, 1.82) is 5.26 Å². The fourth-order valence-electron chi connectivity index (χ4n) is 1.50. The summed E-state index contributed by atoms with van der Waals surface area (Å²) in [5, 5.41) is 28.3. The van der Waals surface area contributed by atoms with Gasteiger partial charge in [0, 0.05) is 0 Å². The second-order valence-electron chi connectivity index (χ2n) is 3.39. The Balaban J connectivity index is 2.23. The maximum Gasteiger partial charge on any atom is 0.234 e. The van der Waals surface area contributed by atoms with Gasteiger partial charge in [0.15, 0.2) is 5.69 Å². The highest BCUT2D eigenvalue weighted by Gasteiger charge is 2.19. The number of rotatable bonds is 2. The van der Waals surface area contributed by atoms with E-state index in [1.807, 2.05) is 30.5 Å². The number of nitrogens with zero attached hydrogens (tertiary/aromatic N) is 6. The second-order valence-corrected chi connectivity index (χ2v) is 5.50.